The van der Waals surface area contributed by atoms with Crippen LogP contribution in [-0.4, -0.2) is 34.8 Å². The number of nitrogens with zero attached hydrogens (tertiary/aromatic N) is 2. The second-order valence-electron chi connectivity index (χ2n) is 3.15. The number of primary amides is 1. The second-order valence-corrected chi connectivity index (χ2v) is 3.54. The molecule has 1 aromatic rings. The summed E-state index contributed by atoms with van der Waals surface area (Å²) in [4.78, 5) is 27.8. The molecule has 0 saturated heterocycles. The Morgan fingerprint density at radius 3 is 2.75 bits per heavy atom. The second kappa shape index (κ2) is 5.46. The van der Waals surface area contributed by atoms with Gasteiger partial charge in [0, 0.05) is 18.3 Å². The summed E-state index contributed by atoms with van der Waals surface area (Å²) in [5.74, 6) is -0.832. The highest BCUT2D eigenvalue weighted by molar-refractivity contribution is 6.29. The van der Waals surface area contributed by atoms with Crippen LogP contribution in [0.15, 0.2) is 18.3 Å². The molecule has 0 saturated carbocycles. The highest BCUT2D eigenvalue weighted by atomic mass is 35.5. The monoisotopic (exact) mass is 241 g/mol. The zero-order chi connectivity index (χ0) is 12.1. The van der Waals surface area contributed by atoms with Gasteiger partial charge in [0.05, 0.1) is 6.54 Å². The zero-order valence-corrected chi connectivity index (χ0v) is 9.57. The lowest BCUT2D eigenvalue weighted by Crippen LogP contribution is -2.38. The van der Waals surface area contributed by atoms with Crippen LogP contribution in [0.2, 0.25) is 5.15 Å². The van der Waals surface area contributed by atoms with Gasteiger partial charge < -0.3 is 10.6 Å². The number of nitrogens with two attached hydrogens (primary N) is 1. The molecule has 0 unspecified atom stereocenters. The van der Waals surface area contributed by atoms with Crippen molar-refractivity contribution in [2.75, 3.05) is 13.1 Å². The number of carbonyl (C=O) groups excluding carboxylic acids is 2. The van der Waals surface area contributed by atoms with Crippen molar-refractivity contribution in [3.63, 3.8) is 0 Å². The number of aromatic nitrogens is 1. The molecular weight excluding hydrogens is 230 g/mol. The quantitative estimate of drug-likeness (QED) is 0.788. The van der Waals surface area contributed by atoms with E-state index in [1.54, 1.807) is 6.92 Å². The standard InChI is InChI=1S/C10H12ClN3O2/c1-2-14(6-9(12)15)10(16)7-3-4-13-8(11)5-7/h3-5H,2,6H2,1H3,(H2,12,15). The third kappa shape index (κ3) is 3.20. The van der Waals surface area contributed by atoms with E-state index in [1.807, 2.05) is 0 Å². The van der Waals surface area contributed by atoms with Gasteiger partial charge >= 0.3 is 0 Å². The van der Waals surface area contributed by atoms with E-state index < -0.39 is 5.91 Å². The molecule has 0 aromatic carbocycles. The van der Waals surface area contributed by atoms with Crippen molar-refractivity contribution in [1.29, 1.82) is 0 Å². The Kier molecular flexibility index (Phi) is 4.25. The molecule has 0 spiro atoms. The fraction of sp³-hybridized carbons (Fsp3) is 0.300. The Morgan fingerprint density at radius 1 is 1.56 bits per heavy atom. The van der Waals surface area contributed by atoms with Crippen molar-refractivity contribution < 1.29 is 9.59 Å². The van der Waals surface area contributed by atoms with Crippen LogP contribution in [-0.2, 0) is 4.79 Å². The van der Waals surface area contributed by atoms with Crippen LogP contribution in [0.3, 0.4) is 0 Å². The first kappa shape index (κ1) is 12.4. The maximum atomic E-state index is 11.9. The third-order valence-corrected chi connectivity index (χ3v) is 2.20. The summed E-state index contributed by atoms with van der Waals surface area (Å²) in [6, 6.07) is 2.99. The smallest absolute Gasteiger partial charge is 0.254 e. The Labute approximate surface area is 98.2 Å². The lowest BCUT2D eigenvalue weighted by molar-refractivity contribution is -0.118. The van der Waals surface area contributed by atoms with Crippen LogP contribution in [0.4, 0.5) is 0 Å². The molecule has 0 radical (unpaired) electrons. The predicted molar refractivity (Wildman–Crippen MR) is 60.0 cm³/mol. The molecule has 0 fully saturated rings. The molecule has 6 heteroatoms. The molecule has 1 rings (SSSR count). The summed E-state index contributed by atoms with van der Waals surface area (Å²) in [5, 5.41) is 0.237. The average Bonchev–Trinajstić information content (AvgIpc) is 2.24. The van der Waals surface area contributed by atoms with E-state index >= 15 is 0 Å². The Bertz CT molecular complexity index is 409. The lowest BCUT2D eigenvalue weighted by atomic mass is 10.2. The first-order valence-electron chi connectivity index (χ1n) is 4.73. The maximum absolute atomic E-state index is 11.9. The van der Waals surface area contributed by atoms with E-state index in [9.17, 15) is 9.59 Å². The maximum Gasteiger partial charge on any atom is 0.254 e. The largest absolute Gasteiger partial charge is 0.368 e. The number of hydrogen-bond donors (Lipinski definition) is 1. The number of carbonyl (C=O) groups is 2. The van der Waals surface area contributed by atoms with Crippen molar-refractivity contribution in [3.05, 3.63) is 29.0 Å². The fourth-order valence-corrected chi connectivity index (χ4v) is 1.41. The van der Waals surface area contributed by atoms with Crippen molar-refractivity contribution in [2.45, 2.75) is 6.92 Å². The third-order valence-electron chi connectivity index (χ3n) is 1.99. The topological polar surface area (TPSA) is 76.3 Å². The summed E-state index contributed by atoms with van der Waals surface area (Å²) in [6.45, 7) is 2.07. The van der Waals surface area contributed by atoms with Crippen molar-refractivity contribution in [3.8, 4) is 0 Å². The van der Waals surface area contributed by atoms with Gasteiger partial charge in [0.1, 0.15) is 5.15 Å². The van der Waals surface area contributed by atoms with Crippen LogP contribution >= 0.6 is 11.6 Å². The van der Waals surface area contributed by atoms with Gasteiger partial charge in [0.15, 0.2) is 0 Å². The van der Waals surface area contributed by atoms with Gasteiger partial charge in [-0.05, 0) is 19.1 Å². The first-order valence-corrected chi connectivity index (χ1v) is 5.11. The minimum absolute atomic E-state index is 0.102. The van der Waals surface area contributed by atoms with Crippen molar-refractivity contribution in [1.82, 2.24) is 9.88 Å². The molecule has 1 aromatic heterocycles. The minimum atomic E-state index is -0.546. The molecular formula is C10H12ClN3O2. The lowest BCUT2D eigenvalue weighted by Gasteiger charge is -2.18. The molecule has 0 atom stereocenters. The molecule has 0 aliphatic carbocycles. The number of hydrogen-bond acceptors (Lipinski definition) is 3. The predicted octanol–water partition coefficient (Wildman–Crippen LogP) is 0.682. The molecule has 1 heterocycles. The van der Waals surface area contributed by atoms with E-state index in [0.717, 1.165) is 0 Å². The number of halogens is 1. The minimum Gasteiger partial charge on any atom is -0.368 e. The molecule has 0 aliphatic rings. The van der Waals surface area contributed by atoms with Gasteiger partial charge in [-0.15, -0.1) is 0 Å². The Hall–Kier alpha value is -1.62. The summed E-state index contributed by atoms with van der Waals surface area (Å²) in [5.41, 5.74) is 5.44. The normalized spacial score (nSPS) is 9.88. The number of likely N-dealkylation sites (N-methyl/N-ethyl adjacent to an activating group) is 1. The summed E-state index contributed by atoms with van der Waals surface area (Å²) in [6.07, 6.45) is 1.44. The molecule has 0 aliphatic heterocycles. The van der Waals surface area contributed by atoms with Crippen LogP contribution < -0.4 is 5.73 Å². The zero-order valence-electron chi connectivity index (χ0n) is 8.81. The average molecular weight is 242 g/mol. The summed E-state index contributed by atoms with van der Waals surface area (Å²) >= 11 is 5.67. The highest BCUT2D eigenvalue weighted by Crippen LogP contribution is 2.09. The van der Waals surface area contributed by atoms with Crippen LogP contribution in [0, 0.1) is 0 Å². The van der Waals surface area contributed by atoms with Gasteiger partial charge in [-0.3, -0.25) is 9.59 Å². The Morgan fingerprint density at radius 2 is 2.25 bits per heavy atom. The van der Waals surface area contributed by atoms with Gasteiger partial charge in [-0.2, -0.15) is 0 Å². The molecule has 16 heavy (non-hydrogen) atoms. The van der Waals surface area contributed by atoms with E-state index in [-0.39, 0.29) is 17.6 Å². The highest BCUT2D eigenvalue weighted by Gasteiger charge is 2.16. The van der Waals surface area contributed by atoms with Gasteiger partial charge in [-0.25, -0.2) is 4.98 Å². The van der Waals surface area contributed by atoms with Crippen molar-refractivity contribution >= 4 is 23.4 Å². The van der Waals surface area contributed by atoms with Crippen molar-refractivity contribution in [2.24, 2.45) is 5.73 Å². The molecule has 5 nitrogen and oxygen atoms in total. The van der Waals surface area contributed by atoms with Crippen LogP contribution in [0.25, 0.3) is 0 Å². The summed E-state index contributed by atoms with van der Waals surface area (Å²) in [7, 11) is 0. The molecule has 2 N–H and O–H groups in total. The molecule has 2 amide bonds. The van der Waals surface area contributed by atoms with E-state index in [4.69, 9.17) is 17.3 Å². The number of pyridine rings is 1. The molecule has 0 bridgehead atoms. The number of rotatable bonds is 4. The fourth-order valence-electron chi connectivity index (χ4n) is 1.23. The van der Waals surface area contributed by atoms with E-state index in [1.165, 1.54) is 23.2 Å². The number of amides is 2. The Balaban J connectivity index is 2.86. The van der Waals surface area contributed by atoms with Crippen LogP contribution in [0.1, 0.15) is 17.3 Å². The van der Waals surface area contributed by atoms with Gasteiger partial charge in [0.25, 0.3) is 5.91 Å². The van der Waals surface area contributed by atoms with Gasteiger partial charge in [-0.1, -0.05) is 11.6 Å². The SMILES string of the molecule is CCN(CC(N)=O)C(=O)c1ccnc(Cl)c1. The van der Waals surface area contributed by atoms with E-state index in [2.05, 4.69) is 4.98 Å². The van der Waals surface area contributed by atoms with Crippen LogP contribution in [0.5, 0.6) is 0 Å². The summed E-state index contributed by atoms with van der Waals surface area (Å²) < 4.78 is 0. The van der Waals surface area contributed by atoms with Gasteiger partial charge in [0.2, 0.25) is 5.91 Å². The molecule has 86 valence electrons. The van der Waals surface area contributed by atoms with E-state index in [0.29, 0.717) is 12.1 Å². The first-order chi connectivity index (χ1) is 7.54.